The van der Waals surface area contributed by atoms with Crippen LogP contribution in [-0.2, 0) is 11.3 Å². The molecular formula is C28H35N3OS. The molecule has 1 saturated heterocycles. The molecule has 4 nitrogen and oxygen atoms in total. The molecule has 2 aliphatic rings. The van der Waals surface area contributed by atoms with Crippen molar-refractivity contribution >= 4 is 17.0 Å². The highest BCUT2D eigenvalue weighted by molar-refractivity contribution is 7.07. The SMILES string of the molecule is Cc1cccc(N=c2scc(-c3ccc(C4CCCCC4)cc3)n2CCN2CCOCC2)c1. The summed E-state index contributed by atoms with van der Waals surface area (Å²) in [4.78, 5) is 8.61. The predicted octanol–water partition coefficient (Wildman–Crippen LogP) is 6.14. The third-order valence-corrected chi connectivity index (χ3v) is 7.91. The van der Waals surface area contributed by atoms with Gasteiger partial charge >= 0.3 is 0 Å². The van der Waals surface area contributed by atoms with E-state index in [0.29, 0.717) is 0 Å². The molecule has 2 aromatic carbocycles. The lowest BCUT2D eigenvalue weighted by atomic mass is 9.84. The lowest BCUT2D eigenvalue weighted by Gasteiger charge is -2.27. The van der Waals surface area contributed by atoms with E-state index in [-0.39, 0.29) is 0 Å². The molecule has 1 aliphatic carbocycles. The van der Waals surface area contributed by atoms with Crippen molar-refractivity contribution < 1.29 is 4.74 Å². The van der Waals surface area contributed by atoms with E-state index in [1.54, 1.807) is 11.3 Å². The van der Waals surface area contributed by atoms with Crippen LogP contribution in [0.1, 0.15) is 49.1 Å². The molecule has 0 radical (unpaired) electrons. The van der Waals surface area contributed by atoms with Crippen molar-refractivity contribution in [1.29, 1.82) is 0 Å². The van der Waals surface area contributed by atoms with Crippen LogP contribution in [0.5, 0.6) is 0 Å². The number of nitrogens with zero attached hydrogens (tertiary/aromatic N) is 3. The number of hydrogen-bond donors (Lipinski definition) is 0. The van der Waals surface area contributed by atoms with E-state index < -0.39 is 0 Å². The Labute approximate surface area is 201 Å². The van der Waals surface area contributed by atoms with Gasteiger partial charge in [0.15, 0.2) is 4.80 Å². The molecule has 0 atom stereocenters. The second-order valence-corrected chi connectivity index (χ2v) is 10.3. The Morgan fingerprint density at radius 3 is 2.52 bits per heavy atom. The lowest BCUT2D eigenvalue weighted by Crippen LogP contribution is -2.39. The van der Waals surface area contributed by atoms with Gasteiger partial charge in [0.05, 0.1) is 24.6 Å². The molecule has 0 spiro atoms. The van der Waals surface area contributed by atoms with E-state index >= 15 is 0 Å². The smallest absolute Gasteiger partial charge is 0.190 e. The molecule has 174 valence electrons. The summed E-state index contributed by atoms with van der Waals surface area (Å²) in [5.74, 6) is 0.746. The van der Waals surface area contributed by atoms with Crippen molar-refractivity contribution in [2.24, 2.45) is 4.99 Å². The molecule has 1 aromatic heterocycles. The van der Waals surface area contributed by atoms with Crippen molar-refractivity contribution in [3.63, 3.8) is 0 Å². The Bertz CT molecular complexity index is 1100. The minimum absolute atomic E-state index is 0.746. The van der Waals surface area contributed by atoms with Crippen LogP contribution in [0.2, 0.25) is 0 Å². The van der Waals surface area contributed by atoms with E-state index in [4.69, 9.17) is 9.73 Å². The molecule has 0 bridgehead atoms. The molecule has 0 amide bonds. The van der Waals surface area contributed by atoms with Gasteiger partial charge < -0.3 is 9.30 Å². The van der Waals surface area contributed by atoms with Crippen LogP contribution in [0, 0.1) is 6.92 Å². The van der Waals surface area contributed by atoms with E-state index in [1.165, 1.54) is 54.5 Å². The molecule has 3 aromatic rings. The maximum absolute atomic E-state index is 5.54. The molecule has 0 N–H and O–H groups in total. The highest BCUT2D eigenvalue weighted by Gasteiger charge is 2.17. The lowest BCUT2D eigenvalue weighted by molar-refractivity contribution is 0.0363. The number of aryl methyl sites for hydroxylation is 1. The van der Waals surface area contributed by atoms with Gasteiger partial charge in [0.25, 0.3) is 0 Å². The normalized spacial score (nSPS) is 18.6. The fraction of sp³-hybridized carbons (Fsp3) is 0.464. The van der Waals surface area contributed by atoms with E-state index in [2.05, 4.69) is 70.3 Å². The summed E-state index contributed by atoms with van der Waals surface area (Å²) < 4.78 is 7.95. The molecule has 5 rings (SSSR count). The van der Waals surface area contributed by atoms with Gasteiger partial charge in [-0.15, -0.1) is 11.3 Å². The Kier molecular flexibility index (Phi) is 7.40. The second-order valence-electron chi connectivity index (χ2n) is 9.42. The number of hydrogen-bond acceptors (Lipinski definition) is 4. The Balaban J connectivity index is 1.45. The molecule has 2 fully saturated rings. The van der Waals surface area contributed by atoms with Gasteiger partial charge in [-0.3, -0.25) is 4.90 Å². The summed E-state index contributed by atoms with van der Waals surface area (Å²) in [5.41, 5.74) is 6.34. The van der Waals surface area contributed by atoms with Gasteiger partial charge in [-0.25, -0.2) is 4.99 Å². The van der Waals surface area contributed by atoms with Crippen molar-refractivity contribution in [2.45, 2.75) is 51.5 Å². The molecule has 2 heterocycles. The first-order chi connectivity index (χ1) is 16.3. The molecule has 5 heteroatoms. The standard InChI is InChI=1S/C28H35N3OS/c1-22-6-5-9-26(20-22)29-28-31(15-14-30-16-18-32-19-17-30)27(21-33-28)25-12-10-24(11-13-25)23-7-3-2-4-8-23/h5-6,9-13,20-21,23H,2-4,7-8,14-19H2,1H3. The minimum atomic E-state index is 0.746. The average Bonchev–Trinajstić information content (AvgIpc) is 3.26. The summed E-state index contributed by atoms with van der Waals surface area (Å²) in [6.45, 7) is 7.79. The first-order valence-corrected chi connectivity index (χ1v) is 13.3. The van der Waals surface area contributed by atoms with Crippen molar-refractivity contribution in [2.75, 3.05) is 32.8 Å². The molecule has 1 saturated carbocycles. The highest BCUT2D eigenvalue weighted by atomic mass is 32.1. The van der Waals surface area contributed by atoms with Crippen LogP contribution < -0.4 is 4.80 Å². The number of benzene rings is 2. The second kappa shape index (κ2) is 10.8. The summed E-state index contributed by atoms with van der Waals surface area (Å²) in [5, 5.41) is 2.28. The van der Waals surface area contributed by atoms with Crippen molar-refractivity contribution in [1.82, 2.24) is 9.47 Å². The predicted molar refractivity (Wildman–Crippen MR) is 137 cm³/mol. The topological polar surface area (TPSA) is 29.8 Å². The fourth-order valence-corrected chi connectivity index (χ4v) is 6.06. The van der Waals surface area contributed by atoms with Gasteiger partial charge in [0.2, 0.25) is 0 Å². The maximum Gasteiger partial charge on any atom is 0.190 e. The van der Waals surface area contributed by atoms with E-state index in [0.717, 1.165) is 55.8 Å². The summed E-state index contributed by atoms with van der Waals surface area (Å²) in [6.07, 6.45) is 6.85. The number of morpholine rings is 1. The van der Waals surface area contributed by atoms with Gasteiger partial charge in [0.1, 0.15) is 0 Å². The van der Waals surface area contributed by atoms with Crippen molar-refractivity contribution in [3.8, 4) is 11.3 Å². The fourth-order valence-electron chi connectivity index (χ4n) is 5.10. The first kappa shape index (κ1) is 22.6. The zero-order chi connectivity index (χ0) is 22.5. The Hall–Kier alpha value is -2.21. The molecule has 0 unspecified atom stereocenters. The zero-order valence-electron chi connectivity index (χ0n) is 19.7. The average molecular weight is 462 g/mol. The summed E-state index contributed by atoms with van der Waals surface area (Å²) in [6, 6.07) is 17.9. The zero-order valence-corrected chi connectivity index (χ0v) is 20.5. The van der Waals surface area contributed by atoms with Crippen LogP contribution in [0.4, 0.5) is 5.69 Å². The van der Waals surface area contributed by atoms with Gasteiger partial charge in [-0.05, 0) is 54.5 Å². The van der Waals surface area contributed by atoms with Gasteiger partial charge in [-0.1, -0.05) is 55.7 Å². The molecule has 1 aliphatic heterocycles. The number of aromatic nitrogens is 1. The van der Waals surface area contributed by atoms with Crippen LogP contribution in [0.3, 0.4) is 0 Å². The number of rotatable bonds is 6. The van der Waals surface area contributed by atoms with Gasteiger partial charge in [0, 0.05) is 31.6 Å². The highest BCUT2D eigenvalue weighted by Crippen LogP contribution is 2.33. The van der Waals surface area contributed by atoms with Gasteiger partial charge in [-0.2, -0.15) is 0 Å². The maximum atomic E-state index is 5.54. The monoisotopic (exact) mass is 461 g/mol. The van der Waals surface area contributed by atoms with Crippen LogP contribution in [-0.4, -0.2) is 42.3 Å². The quantitative estimate of drug-likeness (QED) is 0.441. The van der Waals surface area contributed by atoms with Crippen LogP contribution in [0.15, 0.2) is 58.9 Å². The molecule has 33 heavy (non-hydrogen) atoms. The Morgan fingerprint density at radius 1 is 0.970 bits per heavy atom. The van der Waals surface area contributed by atoms with E-state index in [1.807, 2.05) is 0 Å². The Morgan fingerprint density at radius 2 is 1.76 bits per heavy atom. The first-order valence-electron chi connectivity index (χ1n) is 12.5. The van der Waals surface area contributed by atoms with Crippen molar-refractivity contribution in [3.05, 3.63) is 69.8 Å². The number of ether oxygens (including phenoxy) is 1. The minimum Gasteiger partial charge on any atom is -0.379 e. The van der Waals surface area contributed by atoms with E-state index in [9.17, 15) is 0 Å². The van der Waals surface area contributed by atoms with Crippen LogP contribution in [0.25, 0.3) is 11.3 Å². The summed E-state index contributed by atoms with van der Waals surface area (Å²) >= 11 is 1.74. The number of thiazole rings is 1. The molecular weight excluding hydrogens is 426 g/mol. The third-order valence-electron chi connectivity index (χ3n) is 7.05. The summed E-state index contributed by atoms with van der Waals surface area (Å²) in [7, 11) is 0. The van der Waals surface area contributed by atoms with Crippen LogP contribution >= 0.6 is 11.3 Å². The largest absolute Gasteiger partial charge is 0.379 e. The third kappa shape index (κ3) is 5.65.